The average molecular weight is 117 g/mol. The van der Waals surface area contributed by atoms with Crippen molar-refractivity contribution in [3.63, 3.8) is 0 Å². The van der Waals surface area contributed by atoms with E-state index in [0.717, 1.165) is 0 Å². The van der Waals surface area contributed by atoms with Crippen molar-refractivity contribution in [1.29, 1.82) is 0 Å². The van der Waals surface area contributed by atoms with Crippen molar-refractivity contribution in [2.75, 3.05) is 6.61 Å². The first-order chi connectivity index (χ1) is 3.81. The molecule has 0 fully saturated rings. The topological polar surface area (TPSA) is 46.5 Å². The van der Waals surface area contributed by atoms with Gasteiger partial charge in [0.1, 0.15) is 7.11 Å². The van der Waals surface area contributed by atoms with Crippen molar-refractivity contribution in [2.24, 2.45) is 0 Å². The maximum absolute atomic E-state index is 10.2. The number of aliphatic hydroxyl groups is 1. The van der Waals surface area contributed by atoms with Gasteiger partial charge in [0.05, 0.1) is 0 Å². The number of carbonyl (C=O) groups excluding carboxylic acids is 1. The van der Waals surface area contributed by atoms with Crippen LogP contribution in [0.5, 0.6) is 0 Å². The summed E-state index contributed by atoms with van der Waals surface area (Å²) >= 11 is 0. The van der Waals surface area contributed by atoms with E-state index in [4.69, 9.17) is 5.11 Å². The van der Waals surface area contributed by atoms with Gasteiger partial charge in [-0.05, 0) is 6.42 Å². The van der Waals surface area contributed by atoms with E-state index in [1.807, 2.05) is 0 Å². The fourth-order valence-corrected chi connectivity index (χ4v) is 0.296. The zero-order valence-electron chi connectivity index (χ0n) is 4.59. The monoisotopic (exact) mass is 117 g/mol. The lowest BCUT2D eigenvalue weighted by atomic mass is 10.3. The van der Waals surface area contributed by atoms with E-state index in [1.54, 1.807) is 0 Å². The smallest absolute Gasteiger partial charge is 0.305 e. The number of esters is 1. The Kier molecular flexibility index (Phi) is 4.26. The maximum atomic E-state index is 10.2. The molecule has 0 amide bonds. The van der Waals surface area contributed by atoms with Gasteiger partial charge in [0, 0.05) is 13.0 Å². The van der Waals surface area contributed by atoms with Crippen molar-refractivity contribution in [3.8, 4) is 0 Å². The van der Waals surface area contributed by atoms with E-state index in [9.17, 15) is 4.79 Å². The van der Waals surface area contributed by atoms with Gasteiger partial charge in [0.25, 0.3) is 0 Å². The Balaban J connectivity index is 2.99. The Bertz CT molecular complexity index is 70.1. The molecule has 0 spiro atoms. The summed E-state index contributed by atoms with van der Waals surface area (Å²) in [7, 11) is 2.91. The molecule has 0 rings (SSSR count). The third kappa shape index (κ3) is 3.61. The largest absolute Gasteiger partial charge is 0.462 e. The summed E-state index contributed by atoms with van der Waals surface area (Å²) in [5, 5.41) is 8.18. The van der Waals surface area contributed by atoms with Gasteiger partial charge in [-0.15, -0.1) is 0 Å². The second-order valence-electron chi connectivity index (χ2n) is 1.34. The van der Waals surface area contributed by atoms with Crippen molar-refractivity contribution in [1.82, 2.24) is 0 Å². The average Bonchev–Trinajstić information content (AvgIpc) is 1.83. The Morgan fingerprint density at radius 2 is 2.38 bits per heavy atom. The second-order valence-corrected chi connectivity index (χ2v) is 1.34. The molecular weight excluding hydrogens is 108 g/mol. The molecule has 8 heavy (non-hydrogen) atoms. The highest BCUT2D eigenvalue weighted by Crippen LogP contribution is 1.88. The number of aliphatic hydroxyl groups excluding tert-OH is 1. The van der Waals surface area contributed by atoms with Crippen LogP contribution in [0.3, 0.4) is 0 Å². The first-order valence-corrected chi connectivity index (χ1v) is 2.37. The molecule has 0 aliphatic carbocycles. The Labute approximate surface area is 48.3 Å². The third-order valence-electron chi connectivity index (χ3n) is 0.700. The van der Waals surface area contributed by atoms with Crippen LogP contribution in [-0.2, 0) is 9.53 Å². The molecule has 3 nitrogen and oxygen atoms in total. The van der Waals surface area contributed by atoms with Gasteiger partial charge in [0.15, 0.2) is 0 Å². The highest BCUT2D eigenvalue weighted by atomic mass is 16.5. The van der Waals surface area contributed by atoms with E-state index in [2.05, 4.69) is 11.8 Å². The SMILES string of the molecule is [CH2]OC(=O)CCCO. The molecule has 0 saturated carbocycles. The zero-order chi connectivity index (χ0) is 6.41. The molecule has 0 bridgehead atoms. The van der Waals surface area contributed by atoms with Crippen LogP contribution in [-0.4, -0.2) is 17.7 Å². The molecule has 0 aromatic rings. The van der Waals surface area contributed by atoms with Crippen LogP contribution in [0.4, 0.5) is 0 Å². The zero-order valence-corrected chi connectivity index (χ0v) is 4.59. The van der Waals surface area contributed by atoms with Crippen molar-refractivity contribution < 1.29 is 14.6 Å². The molecule has 0 heterocycles. The fraction of sp³-hybridized carbons (Fsp3) is 0.600. The van der Waals surface area contributed by atoms with E-state index >= 15 is 0 Å². The molecule has 1 radical (unpaired) electrons. The minimum atomic E-state index is -0.376. The van der Waals surface area contributed by atoms with Gasteiger partial charge < -0.3 is 9.84 Å². The van der Waals surface area contributed by atoms with Gasteiger partial charge in [-0.2, -0.15) is 0 Å². The minimum absolute atomic E-state index is 0.0229. The fourth-order valence-electron chi connectivity index (χ4n) is 0.296. The predicted octanol–water partition coefficient (Wildman–Crippen LogP) is 0.0937. The minimum Gasteiger partial charge on any atom is -0.462 e. The Hall–Kier alpha value is -0.570. The molecule has 0 aliphatic rings. The van der Waals surface area contributed by atoms with Gasteiger partial charge in [0.2, 0.25) is 0 Å². The second kappa shape index (κ2) is 4.59. The van der Waals surface area contributed by atoms with Crippen LogP contribution in [0, 0.1) is 7.11 Å². The van der Waals surface area contributed by atoms with Gasteiger partial charge in [-0.1, -0.05) is 0 Å². The van der Waals surface area contributed by atoms with Crippen LogP contribution >= 0.6 is 0 Å². The first kappa shape index (κ1) is 7.43. The summed E-state index contributed by atoms with van der Waals surface area (Å²) in [6.07, 6.45) is 0.703. The molecule has 0 saturated heterocycles. The molecular formula is C5H9O3. The third-order valence-corrected chi connectivity index (χ3v) is 0.700. The molecule has 0 aromatic carbocycles. The molecule has 1 N–H and O–H groups in total. The number of rotatable bonds is 3. The van der Waals surface area contributed by atoms with Gasteiger partial charge in [-0.3, -0.25) is 4.79 Å². The number of ether oxygens (including phenoxy) is 1. The first-order valence-electron chi connectivity index (χ1n) is 2.37. The maximum Gasteiger partial charge on any atom is 0.305 e. The summed E-state index contributed by atoms with van der Waals surface area (Å²) < 4.78 is 4.05. The molecule has 0 aromatic heterocycles. The van der Waals surface area contributed by atoms with Crippen LogP contribution < -0.4 is 0 Å². The molecule has 47 valence electrons. The summed E-state index contributed by atoms with van der Waals surface area (Å²) in [5.74, 6) is -0.376. The van der Waals surface area contributed by atoms with Gasteiger partial charge in [-0.25, -0.2) is 0 Å². The predicted molar refractivity (Wildman–Crippen MR) is 27.8 cm³/mol. The normalized spacial score (nSPS) is 8.75. The lowest BCUT2D eigenvalue weighted by Crippen LogP contribution is -1.98. The number of hydrogen-bond donors (Lipinski definition) is 1. The van der Waals surface area contributed by atoms with E-state index < -0.39 is 0 Å². The Morgan fingerprint density at radius 3 is 2.75 bits per heavy atom. The van der Waals surface area contributed by atoms with Crippen molar-refractivity contribution >= 4 is 5.97 Å². The van der Waals surface area contributed by atoms with Crippen molar-refractivity contribution in [3.05, 3.63) is 7.11 Å². The van der Waals surface area contributed by atoms with Gasteiger partial charge >= 0.3 is 5.97 Å². The number of carbonyl (C=O) groups is 1. The quantitative estimate of drug-likeness (QED) is 0.533. The highest BCUT2D eigenvalue weighted by Gasteiger charge is 1.95. The Morgan fingerprint density at radius 1 is 1.75 bits per heavy atom. The van der Waals surface area contributed by atoms with Crippen molar-refractivity contribution in [2.45, 2.75) is 12.8 Å². The molecule has 3 heteroatoms. The molecule has 0 unspecified atom stereocenters. The van der Waals surface area contributed by atoms with Crippen LogP contribution in [0.25, 0.3) is 0 Å². The summed E-state index contributed by atoms with van der Waals surface area (Å²) in [6, 6.07) is 0. The summed E-state index contributed by atoms with van der Waals surface area (Å²) in [4.78, 5) is 10.2. The van der Waals surface area contributed by atoms with Crippen LogP contribution in [0.1, 0.15) is 12.8 Å². The molecule has 0 atom stereocenters. The number of hydrogen-bond acceptors (Lipinski definition) is 3. The molecule has 0 aliphatic heterocycles. The lowest BCUT2D eigenvalue weighted by molar-refractivity contribution is -0.138. The highest BCUT2D eigenvalue weighted by molar-refractivity contribution is 5.69. The standard InChI is InChI=1S/C5H9O3/c1-8-5(7)3-2-4-6/h6H,1-4H2. The van der Waals surface area contributed by atoms with Crippen LogP contribution in [0.15, 0.2) is 0 Å². The summed E-state index contributed by atoms with van der Waals surface area (Å²) in [6.45, 7) is 0.0229. The lowest BCUT2D eigenvalue weighted by Gasteiger charge is -1.92. The van der Waals surface area contributed by atoms with Crippen LogP contribution in [0.2, 0.25) is 0 Å². The van der Waals surface area contributed by atoms with E-state index in [1.165, 1.54) is 0 Å². The summed E-state index contributed by atoms with van der Waals surface area (Å²) in [5.41, 5.74) is 0. The van der Waals surface area contributed by atoms with E-state index in [0.29, 0.717) is 6.42 Å². The van der Waals surface area contributed by atoms with E-state index in [-0.39, 0.29) is 19.0 Å².